The Hall–Kier alpha value is -2.00. The Labute approximate surface area is 122 Å². The van der Waals surface area contributed by atoms with E-state index in [0.717, 1.165) is 12.1 Å². The van der Waals surface area contributed by atoms with Crippen molar-refractivity contribution in [3.8, 4) is 6.07 Å². The number of benzene rings is 2. The van der Waals surface area contributed by atoms with Crippen LogP contribution in [0.25, 0.3) is 0 Å². The monoisotopic (exact) mass is 340 g/mol. The molecule has 0 saturated heterocycles. The maximum Gasteiger partial charge on any atom is 0.416 e. The van der Waals surface area contributed by atoms with Crippen LogP contribution in [-0.2, 0) is 6.18 Å². The molecule has 0 bridgehead atoms. The quantitative estimate of drug-likeness (QED) is 0.827. The van der Waals surface area contributed by atoms with Gasteiger partial charge in [0.05, 0.1) is 17.2 Å². The zero-order valence-electron chi connectivity index (χ0n) is 10.0. The largest absolute Gasteiger partial charge is 0.416 e. The van der Waals surface area contributed by atoms with Gasteiger partial charge < -0.3 is 5.32 Å². The van der Waals surface area contributed by atoms with Gasteiger partial charge in [0.25, 0.3) is 0 Å². The van der Waals surface area contributed by atoms with Crippen LogP contribution in [0.3, 0.4) is 0 Å². The molecule has 0 aliphatic heterocycles. The van der Waals surface area contributed by atoms with E-state index in [2.05, 4.69) is 21.2 Å². The summed E-state index contributed by atoms with van der Waals surface area (Å²) in [5.41, 5.74) is 0.531. The average molecular weight is 341 g/mol. The lowest BCUT2D eigenvalue weighted by molar-refractivity contribution is -0.137. The number of halogens is 4. The molecule has 0 spiro atoms. The minimum absolute atomic E-state index is 0.307. The maximum absolute atomic E-state index is 12.6. The molecular formula is C14H8BrF3N2. The van der Waals surface area contributed by atoms with E-state index in [1.54, 1.807) is 18.2 Å². The van der Waals surface area contributed by atoms with Gasteiger partial charge in [0, 0.05) is 15.8 Å². The molecule has 6 heteroatoms. The van der Waals surface area contributed by atoms with Gasteiger partial charge in [-0.25, -0.2) is 0 Å². The lowest BCUT2D eigenvalue weighted by Crippen LogP contribution is -2.05. The van der Waals surface area contributed by atoms with Crippen LogP contribution in [0.2, 0.25) is 0 Å². The first kappa shape index (κ1) is 14.4. The van der Waals surface area contributed by atoms with E-state index in [1.165, 1.54) is 12.1 Å². The molecule has 0 aromatic heterocycles. The van der Waals surface area contributed by atoms with Crippen LogP contribution < -0.4 is 5.32 Å². The molecule has 0 saturated carbocycles. The first-order valence-corrected chi connectivity index (χ1v) is 6.33. The number of nitriles is 1. The van der Waals surface area contributed by atoms with E-state index >= 15 is 0 Å². The molecule has 0 aliphatic carbocycles. The third kappa shape index (κ3) is 3.52. The molecule has 20 heavy (non-hydrogen) atoms. The average Bonchev–Trinajstić information content (AvgIpc) is 2.37. The summed E-state index contributed by atoms with van der Waals surface area (Å²) in [6.45, 7) is 0. The molecule has 1 N–H and O–H groups in total. The predicted octanol–water partition coefficient (Wildman–Crippen LogP) is 5.08. The number of anilines is 2. The molecule has 0 fully saturated rings. The molecule has 0 radical (unpaired) electrons. The zero-order chi connectivity index (χ0) is 14.8. The number of nitrogens with zero attached hydrogens (tertiary/aromatic N) is 1. The molecule has 0 unspecified atom stereocenters. The minimum atomic E-state index is -4.38. The van der Waals surface area contributed by atoms with Gasteiger partial charge in [-0.1, -0.05) is 22.0 Å². The molecule has 0 heterocycles. The smallest absolute Gasteiger partial charge is 0.355 e. The Balaban J connectivity index is 2.31. The topological polar surface area (TPSA) is 35.8 Å². The first-order valence-electron chi connectivity index (χ1n) is 5.53. The highest BCUT2D eigenvalue weighted by atomic mass is 79.9. The SMILES string of the molecule is N#Cc1cc(Br)cc(Nc2cccc(C(F)(F)F)c2)c1. The van der Waals surface area contributed by atoms with Crippen LogP contribution in [0.1, 0.15) is 11.1 Å². The van der Waals surface area contributed by atoms with Gasteiger partial charge >= 0.3 is 6.18 Å². The standard InChI is InChI=1S/C14H8BrF3N2/c15-11-4-9(8-19)5-13(7-11)20-12-3-1-2-10(6-12)14(16,17)18/h1-7,20H. The van der Waals surface area contributed by atoms with Gasteiger partial charge in [0.1, 0.15) is 0 Å². The van der Waals surface area contributed by atoms with Crippen molar-refractivity contribution in [2.24, 2.45) is 0 Å². The molecule has 2 aromatic carbocycles. The summed E-state index contributed by atoms with van der Waals surface area (Å²) in [5, 5.41) is 11.7. The van der Waals surface area contributed by atoms with Crippen LogP contribution >= 0.6 is 15.9 Å². The van der Waals surface area contributed by atoms with Crippen molar-refractivity contribution in [2.75, 3.05) is 5.32 Å². The Kier molecular flexibility index (Phi) is 4.00. The summed E-state index contributed by atoms with van der Waals surface area (Å²) < 4.78 is 38.5. The Bertz CT molecular complexity index is 675. The summed E-state index contributed by atoms with van der Waals surface area (Å²) in [4.78, 5) is 0. The van der Waals surface area contributed by atoms with Crippen molar-refractivity contribution >= 4 is 27.3 Å². The molecule has 2 rings (SSSR count). The third-order valence-electron chi connectivity index (χ3n) is 2.51. The maximum atomic E-state index is 12.6. The highest BCUT2D eigenvalue weighted by Gasteiger charge is 2.30. The molecule has 2 aromatic rings. The number of rotatable bonds is 2. The normalized spacial score (nSPS) is 10.9. The van der Waals surface area contributed by atoms with Crippen molar-refractivity contribution in [3.05, 3.63) is 58.1 Å². The van der Waals surface area contributed by atoms with Crippen LogP contribution in [0.5, 0.6) is 0 Å². The van der Waals surface area contributed by atoms with Gasteiger partial charge in [-0.05, 0) is 36.4 Å². The predicted molar refractivity (Wildman–Crippen MR) is 73.6 cm³/mol. The molecule has 0 aliphatic rings. The fourth-order valence-corrected chi connectivity index (χ4v) is 2.16. The zero-order valence-corrected chi connectivity index (χ0v) is 11.6. The Morgan fingerprint density at radius 1 is 1.05 bits per heavy atom. The summed E-state index contributed by atoms with van der Waals surface area (Å²) >= 11 is 3.24. The second-order valence-electron chi connectivity index (χ2n) is 4.04. The molecule has 0 amide bonds. The van der Waals surface area contributed by atoms with Gasteiger partial charge in [-0.15, -0.1) is 0 Å². The second-order valence-corrected chi connectivity index (χ2v) is 4.96. The van der Waals surface area contributed by atoms with Crippen molar-refractivity contribution in [3.63, 3.8) is 0 Å². The highest BCUT2D eigenvalue weighted by molar-refractivity contribution is 9.10. The third-order valence-corrected chi connectivity index (χ3v) is 2.96. The van der Waals surface area contributed by atoms with Crippen LogP contribution in [-0.4, -0.2) is 0 Å². The first-order chi connectivity index (χ1) is 9.38. The lowest BCUT2D eigenvalue weighted by Gasteiger charge is -2.11. The van der Waals surface area contributed by atoms with E-state index in [0.29, 0.717) is 21.4 Å². The van der Waals surface area contributed by atoms with Crippen molar-refractivity contribution in [1.82, 2.24) is 0 Å². The van der Waals surface area contributed by atoms with E-state index < -0.39 is 11.7 Å². The van der Waals surface area contributed by atoms with E-state index in [-0.39, 0.29) is 0 Å². The number of hydrogen-bond donors (Lipinski definition) is 1. The number of alkyl halides is 3. The van der Waals surface area contributed by atoms with Crippen LogP contribution in [0.15, 0.2) is 46.9 Å². The minimum Gasteiger partial charge on any atom is -0.355 e. The fourth-order valence-electron chi connectivity index (χ4n) is 1.67. The number of nitrogens with one attached hydrogen (secondary N) is 1. The van der Waals surface area contributed by atoms with Crippen molar-refractivity contribution < 1.29 is 13.2 Å². The van der Waals surface area contributed by atoms with E-state index in [1.807, 2.05) is 6.07 Å². The Morgan fingerprint density at radius 3 is 2.45 bits per heavy atom. The van der Waals surface area contributed by atoms with Crippen LogP contribution in [0.4, 0.5) is 24.5 Å². The fraction of sp³-hybridized carbons (Fsp3) is 0.0714. The summed E-state index contributed by atoms with van der Waals surface area (Å²) in [6.07, 6.45) is -4.38. The highest BCUT2D eigenvalue weighted by Crippen LogP contribution is 2.31. The van der Waals surface area contributed by atoms with Gasteiger partial charge in [-0.2, -0.15) is 18.4 Å². The summed E-state index contributed by atoms with van der Waals surface area (Å²) in [5.74, 6) is 0. The second kappa shape index (κ2) is 5.55. The molecular weight excluding hydrogens is 333 g/mol. The molecule has 0 atom stereocenters. The lowest BCUT2D eigenvalue weighted by atomic mass is 10.1. The van der Waals surface area contributed by atoms with E-state index in [9.17, 15) is 13.2 Å². The number of hydrogen-bond acceptors (Lipinski definition) is 2. The Morgan fingerprint density at radius 2 is 1.80 bits per heavy atom. The van der Waals surface area contributed by atoms with Crippen molar-refractivity contribution in [2.45, 2.75) is 6.18 Å². The molecule has 102 valence electrons. The van der Waals surface area contributed by atoms with Gasteiger partial charge in [0.15, 0.2) is 0 Å². The summed E-state index contributed by atoms with van der Waals surface area (Å²) in [7, 11) is 0. The van der Waals surface area contributed by atoms with Gasteiger partial charge in [0.2, 0.25) is 0 Å². The van der Waals surface area contributed by atoms with E-state index in [4.69, 9.17) is 5.26 Å². The van der Waals surface area contributed by atoms with Crippen LogP contribution in [0, 0.1) is 11.3 Å². The molecule has 2 nitrogen and oxygen atoms in total. The van der Waals surface area contributed by atoms with Gasteiger partial charge in [-0.3, -0.25) is 0 Å². The summed E-state index contributed by atoms with van der Waals surface area (Å²) in [6, 6.07) is 11.7. The van der Waals surface area contributed by atoms with Crippen molar-refractivity contribution in [1.29, 1.82) is 5.26 Å².